The monoisotopic (exact) mass is 655 g/mol. The van der Waals surface area contributed by atoms with E-state index in [9.17, 15) is 24.3 Å². The minimum absolute atomic E-state index is 0.0129. The Morgan fingerprint density at radius 3 is 2.23 bits per heavy atom. The Kier molecular flexibility index (Phi) is 10.5. The summed E-state index contributed by atoms with van der Waals surface area (Å²) in [7, 11) is 1.53. The van der Waals surface area contributed by atoms with Gasteiger partial charge in [-0.05, 0) is 75.3 Å². The molecule has 0 bridgehead atoms. The van der Waals surface area contributed by atoms with E-state index in [1.807, 2.05) is 86.3 Å². The van der Waals surface area contributed by atoms with E-state index in [2.05, 4.69) is 10.6 Å². The van der Waals surface area contributed by atoms with Crippen molar-refractivity contribution in [3.8, 4) is 5.75 Å². The van der Waals surface area contributed by atoms with E-state index < -0.39 is 34.9 Å². The van der Waals surface area contributed by atoms with Crippen molar-refractivity contribution in [2.45, 2.75) is 75.5 Å². The Bertz CT molecular complexity index is 1630. The van der Waals surface area contributed by atoms with Gasteiger partial charge < -0.3 is 30.1 Å². The van der Waals surface area contributed by atoms with Crippen LogP contribution in [0.25, 0.3) is 0 Å². The number of aliphatic carboxylic acids is 1. The number of carbonyl (C=O) groups excluding carboxylic acids is 3. The second-order valence-electron chi connectivity index (χ2n) is 13.5. The minimum atomic E-state index is -1.26. The number of methoxy groups -OCH3 is 1. The molecule has 3 atom stereocenters. The predicted octanol–water partition coefficient (Wildman–Crippen LogP) is 4.66. The topological polar surface area (TPSA) is 134 Å². The molecule has 3 aromatic carbocycles. The van der Waals surface area contributed by atoms with Crippen LogP contribution in [0.3, 0.4) is 0 Å². The molecule has 0 spiro atoms. The third-order valence-electron chi connectivity index (χ3n) is 9.34. The van der Waals surface area contributed by atoms with Crippen molar-refractivity contribution < 1.29 is 33.8 Å². The van der Waals surface area contributed by atoms with Gasteiger partial charge in [-0.15, -0.1) is 0 Å². The van der Waals surface area contributed by atoms with Gasteiger partial charge in [-0.3, -0.25) is 14.4 Å². The van der Waals surface area contributed by atoms with Crippen molar-refractivity contribution in [2.24, 2.45) is 0 Å². The predicted molar refractivity (Wildman–Crippen MR) is 181 cm³/mol. The second-order valence-corrected chi connectivity index (χ2v) is 13.5. The molecule has 10 nitrogen and oxygen atoms in total. The third kappa shape index (κ3) is 7.39. The summed E-state index contributed by atoms with van der Waals surface area (Å²) in [5, 5.41) is 15.9. The van der Waals surface area contributed by atoms with Gasteiger partial charge in [0.2, 0.25) is 11.8 Å². The number of carbonyl (C=O) groups is 4. The van der Waals surface area contributed by atoms with Gasteiger partial charge in [0.1, 0.15) is 5.75 Å². The lowest BCUT2D eigenvalue weighted by Gasteiger charge is -2.43. The van der Waals surface area contributed by atoms with Crippen molar-refractivity contribution in [1.29, 1.82) is 0 Å². The van der Waals surface area contributed by atoms with Gasteiger partial charge in [0.15, 0.2) is 6.04 Å². The van der Waals surface area contributed by atoms with Crippen LogP contribution in [-0.2, 0) is 24.5 Å². The first kappa shape index (κ1) is 34.6. The molecule has 2 aliphatic rings. The van der Waals surface area contributed by atoms with Crippen molar-refractivity contribution in [3.05, 3.63) is 101 Å². The second kappa shape index (κ2) is 14.6. The van der Waals surface area contributed by atoms with Gasteiger partial charge in [0.05, 0.1) is 36.2 Å². The number of carboxylic acid groups (broad SMARTS) is 1. The van der Waals surface area contributed by atoms with Crippen LogP contribution < -0.4 is 15.4 Å². The molecule has 3 amide bonds. The Morgan fingerprint density at radius 2 is 1.56 bits per heavy atom. The standard InChI is InChI=1S/C38H45N3O7/c1-37(2,3)48-24-31(35(44)45)40-36(46)38(25-12-6-5-7-13-25)21-18-28(27-14-8-10-16-30(27)38)34(43)41-22-19-26(20-23-41)39-33(42)29-15-9-11-17-32(29)47-4/h5-17,26,28,31H,18-24H2,1-4H3,(H,39,42)(H,40,46)(H,44,45)/t28-,31-,38+/m0/s1. The number of amides is 3. The zero-order valence-corrected chi connectivity index (χ0v) is 28.0. The summed E-state index contributed by atoms with van der Waals surface area (Å²) in [6.07, 6.45) is 1.95. The van der Waals surface area contributed by atoms with E-state index in [4.69, 9.17) is 9.47 Å². The lowest BCUT2D eigenvalue weighted by atomic mass is 9.62. The van der Waals surface area contributed by atoms with Gasteiger partial charge in [-0.25, -0.2) is 4.79 Å². The Labute approximate surface area is 281 Å². The van der Waals surface area contributed by atoms with Gasteiger partial charge in [0.25, 0.3) is 5.91 Å². The van der Waals surface area contributed by atoms with Gasteiger partial charge in [-0.2, -0.15) is 0 Å². The van der Waals surface area contributed by atoms with Crippen LogP contribution in [0.1, 0.15) is 79.4 Å². The third-order valence-corrected chi connectivity index (χ3v) is 9.34. The van der Waals surface area contributed by atoms with Crippen molar-refractivity contribution in [3.63, 3.8) is 0 Å². The molecule has 48 heavy (non-hydrogen) atoms. The lowest BCUT2D eigenvalue weighted by molar-refractivity contribution is -0.146. The van der Waals surface area contributed by atoms with Crippen LogP contribution in [0, 0.1) is 0 Å². The molecule has 0 unspecified atom stereocenters. The van der Waals surface area contributed by atoms with Crippen molar-refractivity contribution in [2.75, 3.05) is 26.8 Å². The molecule has 3 aromatic rings. The number of piperidine rings is 1. The minimum Gasteiger partial charge on any atom is -0.496 e. The fourth-order valence-corrected chi connectivity index (χ4v) is 6.84. The quantitative estimate of drug-likeness (QED) is 0.289. The average Bonchev–Trinajstić information content (AvgIpc) is 3.09. The normalized spacial score (nSPS) is 20.2. The van der Waals surface area contributed by atoms with E-state index in [-0.39, 0.29) is 24.5 Å². The highest BCUT2D eigenvalue weighted by molar-refractivity contribution is 5.98. The summed E-state index contributed by atoms with van der Waals surface area (Å²) in [6.45, 7) is 6.28. The maximum Gasteiger partial charge on any atom is 0.328 e. The smallest absolute Gasteiger partial charge is 0.328 e. The van der Waals surface area contributed by atoms with Crippen LogP contribution in [0.4, 0.5) is 0 Å². The molecule has 1 aliphatic carbocycles. The number of ether oxygens (including phenoxy) is 2. The summed E-state index contributed by atoms with van der Waals surface area (Å²) >= 11 is 0. The molecule has 1 fully saturated rings. The molecule has 1 heterocycles. The van der Waals surface area contributed by atoms with Crippen molar-refractivity contribution in [1.82, 2.24) is 15.5 Å². The first-order valence-corrected chi connectivity index (χ1v) is 16.5. The van der Waals surface area contributed by atoms with Gasteiger partial charge in [0, 0.05) is 19.1 Å². The largest absolute Gasteiger partial charge is 0.496 e. The fraction of sp³-hybridized carbons (Fsp3) is 0.421. The number of nitrogens with zero attached hydrogens (tertiary/aromatic N) is 1. The number of benzene rings is 3. The molecule has 10 heteroatoms. The van der Waals surface area contributed by atoms with Crippen LogP contribution in [0.2, 0.25) is 0 Å². The van der Waals surface area contributed by atoms with Crippen LogP contribution >= 0.6 is 0 Å². The number of carboxylic acids is 1. The van der Waals surface area contributed by atoms with Crippen LogP contribution in [0.15, 0.2) is 78.9 Å². The Morgan fingerprint density at radius 1 is 0.917 bits per heavy atom. The number of fused-ring (bicyclic) bond motifs is 1. The van der Waals surface area contributed by atoms with E-state index in [1.165, 1.54) is 7.11 Å². The summed E-state index contributed by atoms with van der Waals surface area (Å²) < 4.78 is 11.1. The van der Waals surface area contributed by atoms with E-state index in [1.54, 1.807) is 18.2 Å². The number of hydrogen-bond acceptors (Lipinski definition) is 6. The zero-order valence-electron chi connectivity index (χ0n) is 28.0. The summed E-state index contributed by atoms with van der Waals surface area (Å²) in [6, 6.07) is 22.6. The maximum atomic E-state index is 14.4. The molecule has 1 aliphatic heterocycles. The highest BCUT2D eigenvalue weighted by atomic mass is 16.5. The molecule has 254 valence electrons. The van der Waals surface area contributed by atoms with E-state index >= 15 is 0 Å². The molecular weight excluding hydrogens is 610 g/mol. The first-order chi connectivity index (χ1) is 22.9. The van der Waals surface area contributed by atoms with Gasteiger partial charge in [-0.1, -0.05) is 66.7 Å². The number of rotatable bonds is 10. The number of hydrogen-bond donors (Lipinski definition) is 3. The number of likely N-dealkylation sites (tertiary alicyclic amines) is 1. The lowest BCUT2D eigenvalue weighted by Crippen LogP contribution is -2.55. The molecule has 1 saturated heterocycles. The average molecular weight is 656 g/mol. The number of nitrogens with one attached hydrogen (secondary N) is 2. The molecule has 0 saturated carbocycles. The first-order valence-electron chi connectivity index (χ1n) is 16.5. The Hall–Kier alpha value is -4.70. The molecular formula is C38H45N3O7. The molecule has 0 aromatic heterocycles. The molecule has 3 N–H and O–H groups in total. The van der Waals surface area contributed by atoms with Gasteiger partial charge >= 0.3 is 5.97 Å². The fourth-order valence-electron chi connectivity index (χ4n) is 6.84. The maximum absolute atomic E-state index is 14.4. The van der Waals surface area contributed by atoms with Crippen LogP contribution in [0.5, 0.6) is 5.75 Å². The zero-order chi connectivity index (χ0) is 34.5. The van der Waals surface area contributed by atoms with E-state index in [0.29, 0.717) is 55.6 Å². The molecule has 0 radical (unpaired) electrons. The highest BCUT2D eigenvalue weighted by Crippen LogP contribution is 2.48. The number of para-hydroxylation sites is 1. The summed E-state index contributed by atoms with van der Waals surface area (Å²) in [4.78, 5) is 55.6. The SMILES string of the molecule is COc1ccccc1C(=O)NC1CCN(C(=O)[C@H]2CC[C@@](C(=O)N[C@@H](COC(C)(C)C)C(=O)O)(c3ccccc3)c3ccccc32)CC1. The van der Waals surface area contributed by atoms with Crippen molar-refractivity contribution >= 4 is 23.7 Å². The molecule has 5 rings (SSSR count). The summed E-state index contributed by atoms with van der Waals surface area (Å²) in [5.41, 5.74) is 0.860. The summed E-state index contributed by atoms with van der Waals surface area (Å²) in [5.74, 6) is -1.80. The van der Waals surface area contributed by atoms with Crippen LogP contribution in [-0.4, -0.2) is 78.2 Å². The van der Waals surface area contributed by atoms with E-state index in [0.717, 1.165) is 11.1 Å². The Balaban J connectivity index is 1.36. The highest BCUT2D eigenvalue weighted by Gasteiger charge is 2.49.